The maximum absolute atomic E-state index is 13.6. The van der Waals surface area contributed by atoms with Gasteiger partial charge >= 0.3 is 0 Å². The third-order valence-electron chi connectivity index (χ3n) is 6.47. The fourth-order valence-electron chi connectivity index (χ4n) is 4.76. The predicted molar refractivity (Wildman–Crippen MR) is 125 cm³/mol. The first-order valence-corrected chi connectivity index (χ1v) is 11.3. The number of likely N-dealkylation sites (N-methyl/N-ethyl adjacent to an activating group) is 1. The Balaban J connectivity index is 1.55. The van der Waals surface area contributed by atoms with Crippen molar-refractivity contribution < 1.29 is 19.3 Å². The van der Waals surface area contributed by atoms with Gasteiger partial charge in [0.15, 0.2) is 0 Å². The van der Waals surface area contributed by atoms with Crippen LogP contribution in [-0.4, -0.2) is 70.8 Å². The van der Waals surface area contributed by atoms with Crippen molar-refractivity contribution in [1.82, 2.24) is 15.1 Å². The maximum atomic E-state index is 13.6. The van der Waals surface area contributed by atoms with Gasteiger partial charge in [-0.3, -0.25) is 24.5 Å². The molecule has 2 saturated heterocycles. The van der Waals surface area contributed by atoms with E-state index in [0.29, 0.717) is 39.1 Å². The topological polar surface area (TPSA) is 116 Å². The lowest BCUT2D eigenvalue weighted by Gasteiger charge is -2.43. The van der Waals surface area contributed by atoms with Gasteiger partial charge in [-0.2, -0.15) is 0 Å². The zero-order valence-electron chi connectivity index (χ0n) is 19.0. The number of non-ortho nitro benzene ring substituents is 1. The van der Waals surface area contributed by atoms with E-state index < -0.39 is 10.5 Å². The van der Waals surface area contributed by atoms with E-state index >= 15 is 0 Å². The number of rotatable bonds is 6. The highest BCUT2D eigenvalue weighted by molar-refractivity contribution is 5.98. The lowest BCUT2D eigenvalue weighted by molar-refractivity contribution is -0.384. The lowest BCUT2D eigenvalue weighted by Crippen LogP contribution is -2.57. The quantitative estimate of drug-likeness (QED) is 0.515. The Labute approximate surface area is 197 Å². The van der Waals surface area contributed by atoms with Crippen molar-refractivity contribution in [1.29, 1.82) is 0 Å². The maximum Gasteiger partial charge on any atom is 0.270 e. The number of nitro groups is 1. The van der Waals surface area contributed by atoms with Crippen LogP contribution in [0.15, 0.2) is 54.6 Å². The van der Waals surface area contributed by atoms with Crippen molar-refractivity contribution in [3.63, 3.8) is 0 Å². The van der Waals surface area contributed by atoms with Crippen LogP contribution < -0.4 is 10.2 Å². The molecule has 3 amide bonds. The monoisotopic (exact) mass is 465 g/mol. The largest absolute Gasteiger partial charge is 0.355 e. The molecule has 0 unspecified atom stereocenters. The van der Waals surface area contributed by atoms with Gasteiger partial charge in [-0.15, -0.1) is 0 Å². The molecule has 2 aliphatic rings. The van der Waals surface area contributed by atoms with E-state index in [-0.39, 0.29) is 35.5 Å². The van der Waals surface area contributed by atoms with Gasteiger partial charge in [0.1, 0.15) is 12.1 Å². The van der Waals surface area contributed by atoms with E-state index in [1.54, 1.807) is 15.9 Å². The van der Waals surface area contributed by atoms with Crippen LogP contribution in [0.4, 0.5) is 11.4 Å². The first-order valence-electron chi connectivity index (χ1n) is 11.3. The molecular formula is C24H27N5O5. The average molecular weight is 466 g/mol. The van der Waals surface area contributed by atoms with Crippen LogP contribution in [0.1, 0.15) is 30.1 Å². The van der Waals surface area contributed by atoms with Gasteiger partial charge in [0.2, 0.25) is 5.91 Å². The minimum Gasteiger partial charge on any atom is -0.355 e. The smallest absolute Gasteiger partial charge is 0.270 e. The molecule has 2 aliphatic heterocycles. The summed E-state index contributed by atoms with van der Waals surface area (Å²) in [5.41, 5.74) is 0.141. The summed E-state index contributed by atoms with van der Waals surface area (Å²) in [6, 6.07) is 15.3. The molecule has 0 atom stereocenters. The van der Waals surface area contributed by atoms with Crippen LogP contribution in [-0.2, 0) is 9.59 Å². The van der Waals surface area contributed by atoms with Gasteiger partial charge in [-0.25, -0.2) is 0 Å². The molecule has 0 saturated carbocycles. The molecule has 0 aliphatic carbocycles. The second-order valence-electron chi connectivity index (χ2n) is 8.49. The molecule has 0 radical (unpaired) electrons. The zero-order chi connectivity index (χ0) is 24.3. The number of piperidine rings is 1. The van der Waals surface area contributed by atoms with E-state index in [1.165, 1.54) is 18.2 Å². The molecule has 2 fully saturated rings. The number of carbonyl (C=O) groups excluding carboxylic acids is 3. The highest BCUT2D eigenvalue weighted by Gasteiger charge is 2.54. The van der Waals surface area contributed by atoms with Crippen molar-refractivity contribution in [3.8, 4) is 0 Å². The molecule has 1 N–H and O–H groups in total. The van der Waals surface area contributed by atoms with Gasteiger partial charge in [0, 0.05) is 43.0 Å². The van der Waals surface area contributed by atoms with Crippen molar-refractivity contribution in [2.75, 3.05) is 37.7 Å². The molecule has 178 valence electrons. The number of hydrogen-bond acceptors (Lipinski definition) is 6. The minimum atomic E-state index is -0.854. The second-order valence-corrected chi connectivity index (χ2v) is 8.49. The number of nitro benzene ring substituents is 1. The standard InChI is InChI=1S/C24H27N5O5/c1-2-25-21(30)16-27-17-28(19-8-4-3-5-9-19)24(23(27)32)11-13-26(14-12-24)22(31)18-7-6-10-20(15-18)29(33)34/h3-10,15H,2,11-14,16-17H2,1H3,(H,25,30). The number of nitrogens with one attached hydrogen (secondary N) is 1. The molecule has 0 bridgehead atoms. The first-order chi connectivity index (χ1) is 16.4. The molecule has 2 aromatic rings. The molecule has 2 aromatic carbocycles. The van der Waals surface area contributed by atoms with Gasteiger partial charge in [-0.1, -0.05) is 24.3 Å². The fourth-order valence-corrected chi connectivity index (χ4v) is 4.76. The van der Waals surface area contributed by atoms with E-state index in [4.69, 9.17) is 0 Å². The number of anilines is 1. The molecule has 10 nitrogen and oxygen atoms in total. The van der Waals surface area contributed by atoms with E-state index in [2.05, 4.69) is 5.32 Å². The number of hydrogen-bond donors (Lipinski definition) is 1. The van der Waals surface area contributed by atoms with E-state index in [1.807, 2.05) is 42.2 Å². The van der Waals surface area contributed by atoms with Crippen LogP contribution in [0.5, 0.6) is 0 Å². The Morgan fingerprint density at radius 2 is 1.79 bits per heavy atom. The minimum absolute atomic E-state index is 0.0198. The summed E-state index contributed by atoms with van der Waals surface area (Å²) in [5.74, 6) is -0.626. The molecule has 10 heteroatoms. The summed E-state index contributed by atoms with van der Waals surface area (Å²) in [7, 11) is 0. The fraction of sp³-hybridized carbons (Fsp3) is 0.375. The number of nitrogens with zero attached hydrogens (tertiary/aromatic N) is 4. The van der Waals surface area contributed by atoms with Crippen molar-refractivity contribution >= 4 is 29.1 Å². The predicted octanol–water partition coefficient (Wildman–Crippen LogP) is 2.01. The Morgan fingerprint density at radius 1 is 1.09 bits per heavy atom. The lowest BCUT2D eigenvalue weighted by atomic mass is 9.85. The number of likely N-dealkylation sites (tertiary alicyclic amines) is 1. The van der Waals surface area contributed by atoms with Crippen LogP contribution in [0.3, 0.4) is 0 Å². The van der Waals surface area contributed by atoms with Crippen molar-refractivity contribution in [2.45, 2.75) is 25.3 Å². The van der Waals surface area contributed by atoms with Crippen molar-refractivity contribution in [3.05, 3.63) is 70.3 Å². The Morgan fingerprint density at radius 3 is 2.44 bits per heavy atom. The number of benzene rings is 2. The Hall–Kier alpha value is -3.95. The van der Waals surface area contributed by atoms with Crippen LogP contribution in [0.25, 0.3) is 0 Å². The number of para-hydroxylation sites is 1. The molecule has 0 aromatic heterocycles. The van der Waals surface area contributed by atoms with Gasteiger partial charge < -0.3 is 20.0 Å². The normalized spacial score (nSPS) is 17.2. The van der Waals surface area contributed by atoms with Gasteiger partial charge in [0.05, 0.1) is 11.6 Å². The average Bonchev–Trinajstić information content (AvgIpc) is 3.11. The highest BCUT2D eigenvalue weighted by atomic mass is 16.6. The molecule has 4 rings (SSSR count). The van der Waals surface area contributed by atoms with E-state index in [0.717, 1.165) is 5.69 Å². The van der Waals surface area contributed by atoms with Crippen LogP contribution in [0.2, 0.25) is 0 Å². The highest BCUT2D eigenvalue weighted by Crippen LogP contribution is 2.39. The van der Waals surface area contributed by atoms with Gasteiger partial charge in [0.25, 0.3) is 17.5 Å². The summed E-state index contributed by atoms with van der Waals surface area (Å²) in [6.07, 6.45) is 0.792. The third kappa shape index (κ3) is 4.30. The molecule has 2 heterocycles. The van der Waals surface area contributed by atoms with Crippen molar-refractivity contribution in [2.24, 2.45) is 0 Å². The first kappa shape index (κ1) is 23.2. The zero-order valence-corrected chi connectivity index (χ0v) is 19.0. The summed E-state index contributed by atoms with van der Waals surface area (Å²) in [5, 5.41) is 13.8. The molecular weight excluding hydrogens is 438 g/mol. The summed E-state index contributed by atoms with van der Waals surface area (Å²) >= 11 is 0. The number of amides is 3. The molecule has 1 spiro atoms. The SMILES string of the molecule is CCNC(=O)CN1CN(c2ccccc2)C2(CCN(C(=O)c3cccc([N+](=O)[O-])c3)CC2)C1=O. The number of carbonyl (C=O) groups is 3. The molecule has 34 heavy (non-hydrogen) atoms. The second kappa shape index (κ2) is 9.50. The summed E-state index contributed by atoms with van der Waals surface area (Å²) in [6.45, 7) is 3.24. The summed E-state index contributed by atoms with van der Waals surface area (Å²) < 4.78 is 0. The van der Waals surface area contributed by atoms with Crippen LogP contribution >= 0.6 is 0 Å². The Kier molecular flexibility index (Phi) is 6.49. The van der Waals surface area contributed by atoms with Crippen LogP contribution in [0, 0.1) is 10.1 Å². The summed E-state index contributed by atoms with van der Waals surface area (Å²) in [4.78, 5) is 54.6. The third-order valence-corrected chi connectivity index (χ3v) is 6.47. The Bertz CT molecular complexity index is 1100. The van der Waals surface area contributed by atoms with Gasteiger partial charge in [-0.05, 0) is 38.0 Å². The van der Waals surface area contributed by atoms with E-state index in [9.17, 15) is 24.5 Å².